The van der Waals surface area contributed by atoms with Gasteiger partial charge in [-0.2, -0.15) is 0 Å². The number of benzene rings is 1. The van der Waals surface area contributed by atoms with Gasteiger partial charge in [-0.25, -0.2) is 4.68 Å². The van der Waals surface area contributed by atoms with Crippen LogP contribution in [0.1, 0.15) is 22.4 Å². The highest BCUT2D eigenvalue weighted by atomic mass is 16.3. The van der Waals surface area contributed by atoms with Gasteiger partial charge in [-0.1, -0.05) is 22.9 Å². The van der Waals surface area contributed by atoms with Crippen molar-refractivity contribution < 1.29 is 9.90 Å². The van der Waals surface area contributed by atoms with Gasteiger partial charge < -0.3 is 10.4 Å². The molecule has 0 bridgehead atoms. The van der Waals surface area contributed by atoms with E-state index in [1.807, 2.05) is 32.9 Å². The number of rotatable bonds is 5. The number of aryl methyl sites for hydroxylation is 3. The molecule has 1 aromatic carbocycles. The Hall–Kier alpha value is -2.21. The minimum atomic E-state index is -0.148. The molecule has 0 spiro atoms. The van der Waals surface area contributed by atoms with Crippen molar-refractivity contribution in [2.75, 3.05) is 11.9 Å². The maximum Gasteiger partial charge on any atom is 0.246 e. The fourth-order valence-corrected chi connectivity index (χ4v) is 2.35. The van der Waals surface area contributed by atoms with Crippen molar-refractivity contribution in [1.29, 1.82) is 0 Å². The van der Waals surface area contributed by atoms with Crippen LogP contribution in [0.3, 0.4) is 0 Å². The van der Waals surface area contributed by atoms with Crippen molar-refractivity contribution in [2.24, 2.45) is 0 Å². The van der Waals surface area contributed by atoms with Crippen LogP contribution in [0, 0.1) is 20.8 Å². The third-order valence-electron chi connectivity index (χ3n) is 3.20. The number of nitrogens with one attached hydrogen (secondary N) is 1. The van der Waals surface area contributed by atoms with Gasteiger partial charge in [0.1, 0.15) is 6.54 Å². The molecule has 6 heteroatoms. The summed E-state index contributed by atoms with van der Waals surface area (Å²) in [7, 11) is 0. The molecule has 0 unspecified atom stereocenters. The van der Waals surface area contributed by atoms with E-state index < -0.39 is 0 Å². The lowest BCUT2D eigenvalue weighted by Crippen LogP contribution is -2.20. The summed E-state index contributed by atoms with van der Waals surface area (Å²) in [5.41, 5.74) is 4.78. The first-order chi connectivity index (χ1) is 9.99. The zero-order chi connectivity index (χ0) is 15.4. The average Bonchev–Trinajstić information content (AvgIpc) is 2.81. The van der Waals surface area contributed by atoms with Crippen LogP contribution in [0.15, 0.2) is 18.3 Å². The highest BCUT2D eigenvalue weighted by Crippen LogP contribution is 2.21. The summed E-state index contributed by atoms with van der Waals surface area (Å²) < 4.78 is 1.47. The van der Waals surface area contributed by atoms with Gasteiger partial charge in [0.2, 0.25) is 5.91 Å². The molecule has 1 heterocycles. The largest absolute Gasteiger partial charge is 0.396 e. The number of hydrogen-bond donors (Lipinski definition) is 2. The van der Waals surface area contributed by atoms with E-state index in [1.165, 1.54) is 10.2 Å². The van der Waals surface area contributed by atoms with Gasteiger partial charge in [-0.3, -0.25) is 4.79 Å². The molecule has 6 nitrogen and oxygen atoms in total. The molecule has 1 aromatic heterocycles. The van der Waals surface area contributed by atoms with Gasteiger partial charge >= 0.3 is 0 Å². The van der Waals surface area contributed by atoms with Crippen molar-refractivity contribution in [3.8, 4) is 0 Å². The predicted molar refractivity (Wildman–Crippen MR) is 80.1 cm³/mol. The van der Waals surface area contributed by atoms with Gasteiger partial charge in [0, 0.05) is 24.9 Å². The number of carbonyl (C=O) groups is 1. The summed E-state index contributed by atoms with van der Waals surface area (Å²) in [6.07, 6.45) is 2.11. The normalized spacial score (nSPS) is 10.7. The topological polar surface area (TPSA) is 80.0 Å². The Morgan fingerprint density at radius 2 is 1.95 bits per heavy atom. The van der Waals surface area contributed by atoms with E-state index in [0.29, 0.717) is 12.1 Å². The first-order valence-corrected chi connectivity index (χ1v) is 6.87. The fraction of sp³-hybridized carbons (Fsp3) is 0.400. The number of carbonyl (C=O) groups excluding carboxylic acids is 1. The molecule has 112 valence electrons. The summed E-state index contributed by atoms with van der Waals surface area (Å²) in [5.74, 6) is -0.148. The van der Waals surface area contributed by atoms with Gasteiger partial charge in [0.05, 0.1) is 5.69 Å². The van der Waals surface area contributed by atoms with E-state index >= 15 is 0 Å². The van der Waals surface area contributed by atoms with E-state index in [9.17, 15) is 4.79 Å². The summed E-state index contributed by atoms with van der Waals surface area (Å²) in [6, 6.07) is 4.08. The van der Waals surface area contributed by atoms with E-state index in [1.54, 1.807) is 6.20 Å². The molecule has 0 aliphatic heterocycles. The quantitative estimate of drug-likeness (QED) is 0.871. The van der Waals surface area contributed by atoms with Crippen LogP contribution in [-0.2, 0) is 17.8 Å². The third kappa shape index (κ3) is 3.88. The minimum absolute atomic E-state index is 0.0205. The first kappa shape index (κ1) is 15.2. The van der Waals surface area contributed by atoms with Crippen molar-refractivity contribution in [2.45, 2.75) is 33.7 Å². The summed E-state index contributed by atoms with van der Waals surface area (Å²) in [6.45, 7) is 6.11. The zero-order valence-corrected chi connectivity index (χ0v) is 12.6. The summed E-state index contributed by atoms with van der Waals surface area (Å²) in [4.78, 5) is 12.1. The van der Waals surface area contributed by atoms with E-state index in [-0.39, 0.29) is 19.1 Å². The zero-order valence-electron chi connectivity index (χ0n) is 12.6. The number of aromatic nitrogens is 3. The molecular formula is C15H20N4O2. The molecule has 2 N–H and O–H groups in total. The molecule has 21 heavy (non-hydrogen) atoms. The smallest absolute Gasteiger partial charge is 0.246 e. The van der Waals surface area contributed by atoms with Crippen LogP contribution in [-0.4, -0.2) is 32.6 Å². The third-order valence-corrected chi connectivity index (χ3v) is 3.20. The van der Waals surface area contributed by atoms with E-state index in [4.69, 9.17) is 5.11 Å². The first-order valence-electron chi connectivity index (χ1n) is 6.87. The Morgan fingerprint density at radius 3 is 2.57 bits per heavy atom. The molecule has 0 aliphatic carbocycles. The molecule has 2 aromatic rings. The van der Waals surface area contributed by atoms with Crippen molar-refractivity contribution in [3.63, 3.8) is 0 Å². The van der Waals surface area contributed by atoms with Crippen LogP contribution < -0.4 is 5.32 Å². The number of hydrogen-bond acceptors (Lipinski definition) is 4. The Balaban J connectivity index is 2.04. The van der Waals surface area contributed by atoms with Crippen molar-refractivity contribution >= 4 is 11.6 Å². The van der Waals surface area contributed by atoms with E-state index in [0.717, 1.165) is 16.8 Å². The second-order valence-electron chi connectivity index (χ2n) is 5.20. The Morgan fingerprint density at radius 1 is 1.29 bits per heavy atom. The second-order valence-corrected chi connectivity index (χ2v) is 5.20. The molecular weight excluding hydrogens is 268 g/mol. The standard InChI is InChI=1S/C15H20N4O2/c1-10-6-11(2)15(12(3)7-10)16-14(21)9-19-8-13(4-5-20)17-18-19/h6-8,20H,4-5,9H2,1-3H3,(H,16,21). The number of anilines is 1. The number of aliphatic hydroxyl groups is 1. The molecule has 0 radical (unpaired) electrons. The minimum Gasteiger partial charge on any atom is -0.396 e. The molecule has 0 saturated heterocycles. The predicted octanol–water partition coefficient (Wildman–Crippen LogP) is 1.38. The summed E-state index contributed by atoms with van der Waals surface area (Å²) in [5, 5.41) is 19.5. The molecule has 2 rings (SSSR count). The lowest BCUT2D eigenvalue weighted by atomic mass is 10.1. The highest BCUT2D eigenvalue weighted by Gasteiger charge is 2.10. The van der Waals surface area contributed by atoms with Gasteiger partial charge in [-0.15, -0.1) is 5.10 Å². The maximum absolute atomic E-state index is 12.1. The Labute approximate surface area is 123 Å². The molecule has 0 atom stereocenters. The Bertz CT molecular complexity index is 626. The highest BCUT2D eigenvalue weighted by molar-refractivity contribution is 5.92. The van der Waals surface area contributed by atoms with E-state index in [2.05, 4.69) is 15.6 Å². The average molecular weight is 288 g/mol. The number of amides is 1. The van der Waals surface area contributed by atoms with Crippen molar-refractivity contribution in [3.05, 3.63) is 40.7 Å². The SMILES string of the molecule is Cc1cc(C)c(NC(=O)Cn2cc(CCO)nn2)c(C)c1. The van der Waals surface area contributed by atoms with Crippen LogP contribution in [0.5, 0.6) is 0 Å². The van der Waals surface area contributed by atoms with Crippen LogP contribution >= 0.6 is 0 Å². The molecule has 0 fully saturated rings. The molecule has 1 amide bonds. The molecule has 0 saturated carbocycles. The Kier molecular flexibility index (Phi) is 4.70. The number of aliphatic hydroxyl groups excluding tert-OH is 1. The fourth-order valence-electron chi connectivity index (χ4n) is 2.35. The van der Waals surface area contributed by atoms with Gasteiger partial charge in [-0.05, 0) is 31.9 Å². The summed E-state index contributed by atoms with van der Waals surface area (Å²) >= 11 is 0. The monoisotopic (exact) mass is 288 g/mol. The van der Waals surface area contributed by atoms with Crippen LogP contribution in [0.25, 0.3) is 0 Å². The van der Waals surface area contributed by atoms with Crippen molar-refractivity contribution in [1.82, 2.24) is 15.0 Å². The maximum atomic E-state index is 12.1. The number of nitrogens with zero attached hydrogens (tertiary/aromatic N) is 3. The lowest BCUT2D eigenvalue weighted by molar-refractivity contribution is -0.116. The lowest BCUT2D eigenvalue weighted by Gasteiger charge is -2.12. The van der Waals surface area contributed by atoms with Crippen LogP contribution in [0.2, 0.25) is 0 Å². The van der Waals surface area contributed by atoms with Crippen LogP contribution in [0.4, 0.5) is 5.69 Å². The second kappa shape index (κ2) is 6.49. The van der Waals surface area contributed by atoms with Gasteiger partial charge in [0.25, 0.3) is 0 Å². The molecule has 0 aliphatic rings. The van der Waals surface area contributed by atoms with Gasteiger partial charge in [0.15, 0.2) is 0 Å².